The summed E-state index contributed by atoms with van der Waals surface area (Å²) in [4.78, 5) is 12.4. The maximum absolute atomic E-state index is 12.4. The number of allylic oxidation sites excluding steroid dienone is 3. The standard InChI is InChI=1S/C46H89NO4/c1-3-5-7-9-11-13-15-17-18-19-20-21-22-23-24-25-26-27-29-30-32-34-36-38-40-44(49)43(42-48)47-46(51)45(50)41-39-37-35-33-31-28-16-14-12-10-8-6-4-2/h30,32,38,40,43-45,48-50H,3-29,31,33-37,39,41-42H2,1-2H3,(H,47,51)/b32-30+,40-38+. The fourth-order valence-electron chi connectivity index (χ4n) is 6.97. The number of carbonyl (C=O) groups is 1. The first kappa shape index (κ1) is 49.8. The fourth-order valence-corrected chi connectivity index (χ4v) is 6.97. The van der Waals surface area contributed by atoms with E-state index in [1.54, 1.807) is 6.08 Å². The van der Waals surface area contributed by atoms with Crippen LogP contribution in [0.4, 0.5) is 0 Å². The molecule has 0 aliphatic heterocycles. The van der Waals surface area contributed by atoms with Crippen molar-refractivity contribution in [1.82, 2.24) is 5.32 Å². The molecule has 0 aliphatic rings. The lowest BCUT2D eigenvalue weighted by molar-refractivity contribution is -0.131. The van der Waals surface area contributed by atoms with Crippen molar-refractivity contribution in [2.75, 3.05) is 6.61 Å². The summed E-state index contributed by atoms with van der Waals surface area (Å²) in [6.07, 6.45) is 50.8. The van der Waals surface area contributed by atoms with Crippen LogP contribution in [0.3, 0.4) is 0 Å². The molecule has 0 saturated heterocycles. The SMILES string of the molecule is CCCCCCCCCCCCCCCCCCCC/C=C/CC/C=C/C(O)C(CO)NC(=O)C(O)CCCCCCCCCCCCCCC. The van der Waals surface area contributed by atoms with Gasteiger partial charge in [0.05, 0.1) is 18.8 Å². The van der Waals surface area contributed by atoms with Crippen LogP contribution in [0.25, 0.3) is 0 Å². The van der Waals surface area contributed by atoms with E-state index < -0.39 is 24.2 Å². The number of nitrogens with one attached hydrogen (secondary N) is 1. The average molecular weight is 720 g/mol. The van der Waals surface area contributed by atoms with Crippen molar-refractivity contribution >= 4 is 5.91 Å². The van der Waals surface area contributed by atoms with Crippen LogP contribution < -0.4 is 5.32 Å². The molecule has 0 heterocycles. The Hall–Kier alpha value is -1.17. The summed E-state index contributed by atoms with van der Waals surface area (Å²) in [7, 11) is 0. The quantitative estimate of drug-likeness (QED) is 0.0374. The van der Waals surface area contributed by atoms with Gasteiger partial charge in [-0.3, -0.25) is 4.79 Å². The monoisotopic (exact) mass is 720 g/mol. The molecule has 0 aliphatic carbocycles. The molecule has 0 bridgehead atoms. The minimum atomic E-state index is -1.10. The van der Waals surface area contributed by atoms with Crippen LogP contribution in [-0.2, 0) is 4.79 Å². The van der Waals surface area contributed by atoms with E-state index in [2.05, 4.69) is 31.3 Å². The Morgan fingerprint density at radius 2 is 0.804 bits per heavy atom. The Kier molecular flexibility index (Phi) is 40.6. The zero-order chi connectivity index (χ0) is 37.3. The first-order chi connectivity index (χ1) is 25.1. The lowest BCUT2D eigenvalue weighted by atomic mass is 10.0. The van der Waals surface area contributed by atoms with Gasteiger partial charge in [0, 0.05) is 0 Å². The largest absolute Gasteiger partial charge is 0.394 e. The topological polar surface area (TPSA) is 89.8 Å². The predicted octanol–water partition coefficient (Wildman–Crippen LogP) is 13.0. The highest BCUT2D eigenvalue weighted by molar-refractivity contribution is 5.80. The molecule has 0 aromatic heterocycles. The van der Waals surface area contributed by atoms with Crippen molar-refractivity contribution in [3.05, 3.63) is 24.3 Å². The smallest absolute Gasteiger partial charge is 0.249 e. The molecular weight excluding hydrogens is 631 g/mol. The third kappa shape index (κ3) is 37.0. The lowest BCUT2D eigenvalue weighted by Gasteiger charge is -2.21. The minimum Gasteiger partial charge on any atom is -0.394 e. The summed E-state index contributed by atoms with van der Waals surface area (Å²) < 4.78 is 0. The number of aliphatic hydroxyl groups is 3. The van der Waals surface area contributed by atoms with Gasteiger partial charge in [0.2, 0.25) is 5.91 Å². The summed E-state index contributed by atoms with van der Waals surface area (Å²) in [5.41, 5.74) is 0. The van der Waals surface area contributed by atoms with Crippen LogP contribution in [0.1, 0.15) is 239 Å². The van der Waals surface area contributed by atoms with Crippen LogP contribution in [-0.4, -0.2) is 46.1 Å². The number of hydrogen-bond acceptors (Lipinski definition) is 4. The van der Waals surface area contributed by atoms with E-state index in [4.69, 9.17) is 0 Å². The van der Waals surface area contributed by atoms with Crippen LogP contribution in [0.2, 0.25) is 0 Å². The van der Waals surface area contributed by atoms with Gasteiger partial charge in [0.15, 0.2) is 0 Å². The molecule has 0 rings (SSSR count). The number of rotatable bonds is 41. The van der Waals surface area contributed by atoms with Gasteiger partial charge in [-0.15, -0.1) is 0 Å². The number of unbranched alkanes of at least 4 members (excludes halogenated alkanes) is 31. The molecule has 0 fully saturated rings. The molecule has 3 unspecified atom stereocenters. The van der Waals surface area contributed by atoms with Crippen LogP contribution >= 0.6 is 0 Å². The first-order valence-electron chi connectivity index (χ1n) is 22.7. The Balaban J connectivity index is 3.66. The highest BCUT2D eigenvalue weighted by Crippen LogP contribution is 2.16. The van der Waals surface area contributed by atoms with Crippen LogP contribution in [0.5, 0.6) is 0 Å². The fraction of sp³-hybridized carbons (Fsp3) is 0.891. The third-order valence-corrected chi connectivity index (χ3v) is 10.5. The number of hydrogen-bond donors (Lipinski definition) is 4. The van der Waals surface area contributed by atoms with E-state index in [9.17, 15) is 20.1 Å². The predicted molar refractivity (Wildman–Crippen MR) is 222 cm³/mol. The first-order valence-corrected chi connectivity index (χ1v) is 22.7. The molecular formula is C46H89NO4. The molecule has 51 heavy (non-hydrogen) atoms. The van der Waals surface area contributed by atoms with E-state index in [1.165, 1.54) is 180 Å². The third-order valence-electron chi connectivity index (χ3n) is 10.5. The van der Waals surface area contributed by atoms with E-state index in [0.717, 1.165) is 38.5 Å². The normalized spacial score (nSPS) is 13.7. The molecule has 0 saturated carbocycles. The molecule has 302 valence electrons. The maximum atomic E-state index is 12.4. The van der Waals surface area contributed by atoms with E-state index >= 15 is 0 Å². The van der Waals surface area contributed by atoms with Crippen molar-refractivity contribution in [3.8, 4) is 0 Å². The average Bonchev–Trinajstić information content (AvgIpc) is 3.13. The Labute approximate surface area is 318 Å². The summed E-state index contributed by atoms with van der Waals surface area (Å²) >= 11 is 0. The van der Waals surface area contributed by atoms with Crippen molar-refractivity contribution in [3.63, 3.8) is 0 Å². The van der Waals surface area contributed by atoms with E-state index in [0.29, 0.717) is 6.42 Å². The molecule has 1 amide bonds. The minimum absolute atomic E-state index is 0.373. The summed E-state index contributed by atoms with van der Waals surface area (Å²) in [5, 5.41) is 33.1. The molecule has 4 N–H and O–H groups in total. The van der Waals surface area contributed by atoms with Crippen molar-refractivity contribution in [2.45, 2.75) is 257 Å². The van der Waals surface area contributed by atoms with Crippen molar-refractivity contribution < 1.29 is 20.1 Å². The van der Waals surface area contributed by atoms with Gasteiger partial charge in [0.1, 0.15) is 6.10 Å². The second kappa shape index (κ2) is 41.6. The second-order valence-corrected chi connectivity index (χ2v) is 15.6. The van der Waals surface area contributed by atoms with Gasteiger partial charge in [0.25, 0.3) is 0 Å². The highest BCUT2D eigenvalue weighted by atomic mass is 16.3. The number of aliphatic hydroxyl groups excluding tert-OH is 3. The van der Waals surface area contributed by atoms with Crippen molar-refractivity contribution in [1.29, 1.82) is 0 Å². The van der Waals surface area contributed by atoms with E-state index in [-0.39, 0.29) is 6.61 Å². The van der Waals surface area contributed by atoms with Crippen LogP contribution in [0, 0.1) is 0 Å². The van der Waals surface area contributed by atoms with Gasteiger partial charge in [-0.05, 0) is 32.1 Å². The maximum Gasteiger partial charge on any atom is 0.249 e. The summed E-state index contributed by atoms with van der Waals surface area (Å²) in [6.45, 7) is 4.18. The van der Waals surface area contributed by atoms with Gasteiger partial charge in [-0.2, -0.15) is 0 Å². The molecule has 5 nitrogen and oxygen atoms in total. The zero-order valence-corrected chi connectivity index (χ0v) is 34.2. The Morgan fingerprint density at radius 3 is 1.20 bits per heavy atom. The molecule has 0 aromatic carbocycles. The zero-order valence-electron chi connectivity index (χ0n) is 34.2. The van der Waals surface area contributed by atoms with E-state index in [1.807, 2.05) is 6.08 Å². The van der Waals surface area contributed by atoms with Gasteiger partial charge in [-0.1, -0.05) is 231 Å². The number of carbonyl (C=O) groups excluding carboxylic acids is 1. The Morgan fingerprint density at radius 1 is 0.471 bits per heavy atom. The lowest BCUT2D eigenvalue weighted by Crippen LogP contribution is -2.48. The second-order valence-electron chi connectivity index (χ2n) is 15.6. The van der Waals surface area contributed by atoms with Gasteiger partial charge in [-0.25, -0.2) is 0 Å². The summed E-state index contributed by atoms with van der Waals surface area (Å²) in [5.74, 6) is -0.511. The van der Waals surface area contributed by atoms with Crippen molar-refractivity contribution in [2.24, 2.45) is 0 Å². The van der Waals surface area contributed by atoms with Gasteiger partial charge >= 0.3 is 0 Å². The molecule has 0 spiro atoms. The van der Waals surface area contributed by atoms with Crippen LogP contribution in [0.15, 0.2) is 24.3 Å². The molecule has 0 radical (unpaired) electrons. The molecule has 5 heteroatoms. The highest BCUT2D eigenvalue weighted by Gasteiger charge is 2.22. The molecule has 3 atom stereocenters. The summed E-state index contributed by atoms with van der Waals surface area (Å²) in [6, 6.07) is -0.810. The Bertz CT molecular complexity index is 754. The number of amides is 1. The van der Waals surface area contributed by atoms with Gasteiger partial charge < -0.3 is 20.6 Å². The molecule has 0 aromatic rings.